The monoisotopic (exact) mass is 237 g/mol. The molecule has 16 heavy (non-hydrogen) atoms. The lowest BCUT2D eigenvalue weighted by Gasteiger charge is -2.47. The zero-order valence-electron chi connectivity index (χ0n) is 9.98. The molecule has 2 saturated carbocycles. The number of carbonyl (C=O) groups excluding carboxylic acids is 1. The summed E-state index contributed by atoms with van der Waals surface area (Å²) in [7, 11) is 0. The topological polar surface area (TPSA) is 20.3 Å². The van der Waals surface area contributed by atoms with E-state index in [9.17, 15) is 4.79 Å². The van der Waals surface area contributed by atoms with E-state index in [0.717, 1.165) is 30.2 Å². The molecule has 4 atom stereocenters. The van der Waals surface area contributed by atoms with E-state index in [0.29, 0.717) is 22.5 Å². The predicted molar refractivity (Wildman–Crippen MR) is 65.2 cm³/mol. The second kappa shape index (κ2) is 2.80. The minimum Gasteiger partial charge on any atom is -0.342 e. The van der Waals surface area contributed by atoms with Gasteiger partial charge in [-0.2, -0.15) is 0 Å². The van der Waals surface area contributed by atoms with Gasteiger partial charge in [0, 0.05) is 23.1 Å². The summed E-state index contributed by atoms with van der Waals surface area (Å²) in [6.07, 6.45) is 2.78. The van der Waals surface area contributed by atoms with Gasteiger partial charge in [-0.3, -0.25) is 4.79 Å². The Labute approximate surface area is 101 Å². The van der Waals surface area contributed by atoms with E-state index >= 15 is 0 Å². The van der Waals surface area contributed by atoms with Crippen molar-refractivity contribution >= 4 is 17.7 Å². The highest BCUT2D eigenvalue weighted by atomic mass is 32.2. The van der Waals surface area contributed by atoms with Gasteiger partial charge in [0.15, 0.2) is 0 Å². The van der Waals surface area contributed by atoms with Crippen molar-refractivity contribution in [2.75, 3.05) is 13.1 Å². The highest BCUT2D eigenvalue weighted by Gasteiger charge is 2.78. The number of fused-ring (bicyclic) bond motifs is 2. The lowest BCUT2D eigenvalue weighted by molar-refractivity contribution is -0.139. The van der Waals surface area contributed by atoms with Gasteiger partial charge in [-0.05, 0) is 30.6 Å². The molecule has 4 unspecified atom stereocenters. The standard InChI is InChI=1S/C13H19NOS/c1-7-11(13(7)8(2)16-13)12(15)14-5-9-3-10(4-9)6-14/h7-11H,3-6H2,1-2H3. The van der Waals surface area contributed by atoms with E-state index in [1.807, 2.05) is 11.8 Å². The number of carbonyl (C=O) groups is 1. The van der Waals surface area contributed by atoms with E-state index in [1.54, 1.807) is 0 Å². The molecule has 3 saturated heterocycles. The molecule has 5 rings (SSSR count). The average Bonchev–Trinajstić information content (AvgIpc) is 3.05. The van der Waals surface area contributed by atoms with E-state index in [4.69, 9.17) is 0 Å². The van der Waals surface area contributed by atoms with Gasteiger partial charge in [0.1, 0.15) is 0 Å². The van der Waals surface area contributed by atoms with Crippen LogP contribution >= 0.6 is 11.8 Å². The van der Waals surface area contributed by atoms with Gasteiger partial charge >= 0.3 is 0 Å². The Morgan fingerprint density at radius 2 is 1.81 bits per heavy atom. The van der Waals surface area contributed by atoms with Crippen molar-refractivity contribution in [2.45, 2.75) is 36.7 Å². The first kappa shape index (κ1) is 9.81. The van der Waals surface area contributed by atoms with E-state index in [1.165, 1.54) is 12.8 Å². The summed E-state index contributed by atoms with van der Waals surface area (Å²) in [6.45, 7) is 6.67. The average molecular weight is 237 g/mol. The van der Waals surface area contributed by atoms with Crippen LogP contribution in [0.3, 0.4) is 0 Å². The number of piperidine rings is 2. The maximum Gasteiger partial charge on any atom is 0.227 e. The van der Waals surface area contributed by atoms with Crippen LogP contribution < -0.4 is 0 Å². The van der Waals surface area contributed by atoms with Crippen molar-refractivity contribution in [3.8, 4) is 0 Å². The predicted octanol–water partition coefficient (Wildman–Crippen LogP) is 1.99. The Morgan fingerprint density at radius 1 is 1.25 bits per heavy atom. The quantitative estimate of drug-likeness (QED) is 0.650. The van der Waals surface area contributed by atoms with Crippen molar-refractivity contribution in [1.82, 2.24) is 4.90 Å². The first-order valence-corrected chi connectivity index (χ1v) is 7.47. The SMILES string of the molecule is CC1SC12C(C)C2C(=O)N1CC2CC(C2)C1. The highest BCUT2D eigenvalue weighted by molar-refractivity contribution is 8.09. The molecule has 0 aromatic rings. The van der Waals surface area contributed by atoms with Crippen LogP contribution in [0.1, 0.15) is 26.7 Å². The molecule has 88 valence electrons. The number of thioether (sulfide) groups is 1. The normalized spacial score (nSPS) is 57.1. The second-order valence-corrected chi connectivity index (χ2v) is 7.98. The Bertz CT molecular complexity index is 355. The van der Waals surface area contributed by atoms with Gasteiger partial charge in [0.25, 0.3) is 0 Å². The van der Waals surface area contributed by atoms with Crippen molar-refractivity contribution in [3.63, 3.8) is 0 Å². The van der Waals surface area contributed by atoms with Gasteiger partial charge in [0.2, 0.25) is 5.91 Å². The fraction of sp³-hybridized carbons (Fsp3) is 0.923. The summed E-state index contributed by atoms with van der Waals surface area (Å²) < 4.78 is 0.388. The molecular formula is C13H19NOS. The molecule has 2 aliphatic carbocycles. The van der Waals surface area contributed by atoms with Crippen LogP contribution in [0, 0.1) is 23.7 Å². The molecule has 5 aliphatic rings. The summed E-state index contributed by atoms with van der Waals surface area (Å²) in [5.41, 5.74) is 0. The molecule has 0 aromatic heterocycles. The zero-order chi connectivity index (χ0) is 11.1. The molecule has 1 amide bonds. The third-order valence-electron chi connectivity index (χ3n) is 5.42. The van der Waals surface area contributed by atoms with E-state index in [2.05, 4.69) is 18.7 Å². The Kier molecular flexibility index (Phi) is 1.71. The highest BCUT2D eigenvalue weighted by Crippen LogP contribution is 2.77. The molecule has 3 heteroatoms. The lowest BCUT2D eigenvalue weighted by Crippen LogP contribution is -2.51. The third-order valence-corrected chi connectivity index (χ3v) is 7.29. The van der Waals surface area contributed by atoms with Crippen LogP contribution in [0.15, 0.2) is 0 Å². The number of amides is 1. The van der Waals surface area contributed by atoms with Crippen LogP contribution in [0.25, 0.3) is 0 Å². The lowest BCUT2D eigenvalue weighted by atomic mass is 9.71. The third kappa shape index (κ3) is 1.04. The van der Waals surface area contributed by atoms with Crippen LogP contribution in [0.2, 0.25) is 0 Å². The second-order valence-electron chi connectivity index (χ2n) is 6.33. The summed E-state index contributed by atoms with van der Waals surface area (Å²) in [4.78, 5) is 14.6. The Balaban J connectivity index is 1.47. The molecule has 0 radical (unpaired) electrons. The number of nitrogens with zero attached hydrogens (tertiary/aromatic N) is 1. The van der Waals surface area contributed by atoms with Gasteiger partial charge < -0.3 is 4.90 Å². The summed E-state index contributed by atoms with van der Waals surface area (Å²) in [5.74, 6) is 3.18. The molecular weight excluding hydrogens is 218 g/mol. The number of rotatable bonds is 1. The summed E-state index contributed by atoms with van der Waals surface area (Å²) >= 11 is 2.03. The first-order chi connectivity index (χ1) is 7.63. The molecule has 0 aromatic carbocycles. The number of hydrogen-bond donors (Lipinski definition) is 0. The molecule has 5 fully saturated rings. The number of hydrogen-bond acceptors (Lipinski definition) is 2. The van der Waals surface area contributed by atoms with E-state index < -0.39 is 0 Å². The van der Waals surface area contributed by atoms with Crippen LogP contribution in [-0.4, -0.2) is 33.9 Å². The van der Waals surface area contributed by atoms with E-state index in [-0.39, 0.29) is 0 Å². The molecule has 1 spiro atoms. The zero-order valence-corrected chi connectivity index (χ0v) is 10.8. The van der Waals surface area contributed by atoms with Crippen molar-refractivity contribution in [3.05, 3.63) is 0 Å². The van der Waals surface area contributed by atoms with Gasteiger partial charge in [-0.15, -0.1) is 11.8 Å². The maximum atomic E-state index is 12.5. The van der Waals surface area contributed by atoms with Crippen molar-refractivity contribution in [2.24, 2.45) is 23.7 Å². The van der Waals surface area contributed by atoms with Crippen molar-refractivity contribution in [1.29, 1.82) is 0 Å². The summed E-state index contributed by atoms with van der Waals surface area (Å²) in [6, 6.07) is 0. The molecule has 0 N–H and O–H groups in total. The Hall–Kier alpha value is -0.180. The van der Waals surface area contributed by atoms with Crippen LogP contribution in [0.5, 0.6) is 0 Å². The summed E-state index contributed by atoms with van der Waals surface area (Å²) in [5, 5.41) is 0.732. The van der Waals surface area contributed by atoms with Gasteiger partial charge in [-0.25, -0.2) is 0 Å². The van der Waals surface area contributed by atoms with Crippen LogP contribution in [-0.2, 0) is 4.79 Å². The largest absolute Gasteiger partial charge is 0.342 e. The maximum absolute atomic E-state index is 12.5. The van der Waals surface area contributed by atoms with Gasteiger partial charge in [0.05, 0.1) is 5.92 Å². The van der Waals surface area contributed by atoms with Gasteiger partial charge in [-0.1, -0.05) is 13.8 Å². The molecule has 3 heterocycles. The molecule has 2 nitrogen and oxygen atoms in total. The smallest absolute Gasteiger partial charge is 0.227 e. The minimum atomic E-state index is 0.366. The fourth-order valence-corrected chi connectivity index (χ4v) is 5.93. The fourth-order valence-electron chi connectivity index (χ4n) is 4.29. The first-order valence-electron chi connectivity index (χ1n) is 6.59. The van der Waals surface area contributed by atoms with Crippen molar-refractivity contribution < 1.29 is 4.79 Å². The molecule has 2 bridgehead atoms. The molecule has 3 aliphatic heterocycles. The minimum absolute atomic E-state index is 0.366. The Morgan fingerprint density at radius 3 is 2.25 bits per heavy atom. The van der Waals surface area contributed by atoms with Crippen LogP contribution in [0.4, 0.5) is 0 Å².